The van der Waals surface area contributed by atoms with Crippen LogP contribution in [0.5, 0.6) is 11.6 Å². The van der Waals surface area contributed by atoms with Crippen LogP contribution in [0.25, 0.3) is 0 Å². The van der Waals surface area contributed by atoms with Crippen LogP contribution in [0.1, 0.15) is 18.1 Å². The lowest BCUT2D eigenvalue weighted by Gasteiger charge is -2.11. The lowest BCUT2D eigenvalue weighted by atomic mass is 10.1. The second kappa shape index (κ2) is 8.75. The molecule has 0 fully saturated rings. The van der Waals surface area contributed by atoms with Gasteiger partial charge in [0.05, 0.1) is 4.92 Å². The van der Waals surface area contributed by atoms with Crippen molar-refractivity contribution in [2.75, 3.05) is 10.6 Å². The van der Waals surface area contributed by atoms with Crippen molar-refractivity contribution in [2.45, 2.75) is 20.8 Å². The zero-order valence-corrected chi connectivity index (χ0v) is 17.1. The van der Waals surface area contributed by atoms with Crippen molar-refractivity contribution in [1.29, 1.82) is 0 Å². The van der Waals surface area contributed by atoms with Gasteiger partial charge in [0.1, 0.15) is 12.1 Å². The Balaban J connectivity index is 1.91. The van der Waals surface area contributed by atoms with Crippen LogP contribution in [-0.2, 0) is 4.79 Å². The lowest BCUT2D eigenvalue weighted by Crippen LogP contribution is -2.06. The molecule has 0 atom stereocenters. The predicted octanol–water partition coefficient (Wildman–Crippen LogP) is 5.15. The highest BCUT2D eigenvalue weighted by molar-refractivity contribution is 6.32. The number of hydrogen-bond donors (Lipinski definition) is 2. The third-order valence-corrected chi connectivity index (χ3v) is 4.66. The fourth-order valence-corrected chi connectivity index (χ4v) is 2.86. The molecule has 0 saturated heterocycles. The van der Waals surface area contributed by atoms with Crippen LogP contribution < -0.4 is 15.4 Å². The molecule has 0 aliphatic heterocycles. The number of rotatable bonds is 6. The molecule has 1 aromatic heterocycles. The molecule has 2 N–H and O–H groups in total. The Hall–Kier alpha value is -3.72. The number of halogens is 1. The second-order valence-electron chi connectivity index (χ2n) is 6.49. The first-order chi connectivity index (χ1) is 14.2. The first kappa shape index (κ1) is 21.0. The van der Waals surface area contributed by atoms with E-state index in [1.807, 2.05) is 13.8 Å². The Morgan fingerprint density at radius 1 is 1.10 bits per heavy atom. The van der Waals surface area contributed by atoms with E-state index in [4.69, 9.17) is 16.3 Å². The molecular formula is C20H18ClN5O4. The summed E-state index contributed by atoms with van der Waals surface area (Å²) in [5.41, 5.74) is 2.29. The van der Waals surface area contributed by atoms with Gasteiger partial charge in [-0.05, 0) is 61.4 Å². The summed E-state index contributed by atoms with van der Waals surface area (Å²) in [5.74, 6) is -0.0494. The SMILES string of the molecule is CC(=O)Nc1ccc(Nc2ncnc(Oc3cc(C)c(Cl)c(C)c3)c2[N+](=O)[O-])cc1. The Morgan fingerprint density at radius 3 is 2.27 bits per heavy atom. The van der Waals surface area contributed by atoms with Crippen molar-refractivity contribution < 1.29 is 14.5 Å². The largest absolute Gasteiger partial charge is 0.434 e. The van der Waals surface area contributed by atoms with Gasteiger partial charge in [0, 0.05) is 23.3 Å². The van der Waals surface area contributed by atoms with Gasteiger partial charge >= 0.3 is 11.6 Å². The molecule has 10 heteroatoms. The average molecular weight is 428 g/mol. The van der Waals surface area contributed by atoms with Crippen molar-refractivity contribution in [3.63, 3.8) is 0 Å². The van der Waals surface area contributed by atoms with Crippen molar-refractivity contribution in [3.8, 4) is 11.6 Å². The molecule has 0 aliphatic rings. The van der Waals surface area contributed by atoms with Crippen molar-refractivity contribution in [2.24, 2.45) is 0 Å². The summed E-state index contributed by atoms with van der Waals surface area (Å²) in [6.45, 7) is 5.03. The number of nitro groups is 1. The Kier molecular flexibility index (Phi) is 6.12. The predicted molar refractivity (Wildman–Crippen MR) is 114 cm³/mol. The zero-order chi connectivity index (χ0) is 21.8. The van der Waals surface area contributed by atoms with E-state index in [0.717, 1.165) is 11.1 Å². The second-order valence-corrected chi connectivity index (χ2v) is 6.87. The van der Waals surface area contributed by atoms with Gasteiger partial charge in [-0.1, -0.05) is 11.6 Å². The summed E-state index contributed by atoms with van der Waals surface area (Å²) < 4.78 is 5.69. The van der Waals surface area contributed by atoms with Gasteiger partial charge < -0.3 is 15.4 Å². The van der Waals surface area contributed by atoms with Crippen LogP contribution in [0.4, 0.5) is 22.9 Å². The molecule has 154 valence electrons. The van der Waals surface area contributed by atoms with Crippen molar-refractivity contribution >= 4 is 40.4 Å². The van der Waals surface area contributed by atoms with Crippen LogP contribution in [0, 0.1) is 24.0 Å². The Labute approximate surface area is 177 Å². The fraction of sp³-hybridized carbons (Fsp3) is 0.150. The van der Waals surface area contributed by atoms with Gasteiger partial charge in [-0.3, -0.25) is 14.9 Å². The average Bonchev–Trinajstić information content (AvgIpc) is 2.67. The van der Waals surface area contributed by atoms with Gasteiger partial charge in [-0.2, -0.15) is 4.98 Å². The molecule has 0 radical (unpaired) electrons. The number of carbonyl (C=O) groups excluding carboxylic acids is 1. The topological polar surface area (TPSA) is 119 Å². The fourth-order valence-electron chi connectivity index (χ4n) is 2.75. The summed E-state index contributed by atoms with van der Waals surface area (Å²) in [6.07, 6.45) is 1.17. The first-order valence-corrected chi connectivity index (χ1v) is 9.21. The van der Waals surface area contributed by atoms with Crippen LogP contribution in [0.3, 0.4) is 0 Å². The molecule has 1 heterocycles. The number of benzene rings is 2. The molecule has 0 bridgehead atoms. The standard InChI is InChI=1S/C20H18ClN5O4/c1-11-8-16(9-12(2)17(11)21)30-20-18(26(28)29)19(22-10-23-20)25-15-6-4-14(5-7-15)24-13(3)27/h4-10H,1-3H3,(H,24,27)(H,22,23,25). The van der Waals surface area contributed by atoms with Crippen LogP contribution in [0.15, 0.2) is 42.7 Å². The molecule has 3 aromatic rings. The maximum absolute atomic E-state index is 11.7. The number of aryl methyl sites for hydroxylation is 2. The number of anilines is 3. The number of nitrogens with zero attached hydrogens (tertiary/aromatic N) is 3. The molecule has 1 amide bonds. The number of hydrogen-bond acceptors (Lipinski definition) is 7. The van der Waals surface area contributed by atoms with Gasteiger partial charge in [0.15, 0.2) is 0 Å². The minimum Gasteiger partial charge on any atom is -0.434 e. The number of carbonyl (C=O) groups is 1. The minimum absolute atomic E-state index is 0.0281. The van der Waals surface area contributed by atoms with E-state index in [9.17, 15) is 14.9 Å². The van der Waals surface area contributed by atoms with E-state index >= 15 is 0 Å². The van der Waals surface area contributed by atoms with Crippen LogP contribution >= 0.6 is 11.6 Å². The van der Waals surface area contributed by atoms with E-state index in [0.29, 0.717) is 22.1 Å². The molecule has 0 unspecified atom stereocenters. The van der Waals surface area contributed by atoms with E-state index in [1.54, 1.807) is 36.4 Å². The highest BCUT2D eigenvalue weighted by Crippen LogP contribution is 2.37. The molecule has 2 aromatic carbocycles. The van der Waals surface area contributed by atoms with Gasteiger partial charge in [0.2, 0.25) is 11.7 Å². The van der Waals surface area contributed by atoms with Gasteiger partial charge in [-0.15, -0.1) is 0 Å². The third kappa shape index (κ3) is 4.81. The highest BCUT2D eigenvalue weighted by Gasteiger charge is 2.25. The first-order valence-electron chi connectivity index (χ1n) is 8.83. The van der Waals surface area contributed by atoms with E-state index < -0.39 is 10.6 Å². The number of aromatic nitrogens is 2. The number of ether oxygens (including phenoxy) is 1. The summed E-state index contributed by atoms with van der Waals surface area (Å²) in [7, 11) is 0. The quantitative estimate of drug-likeness (QED) is 0.412. The van der Waals surface area contributed by atoms with Gasteiger partial charge in [-0.25, -0.2) is 4.98 Å². The molecule has 0 spiro atoms. The third-order valence-electron chi connectivity index (χ3n) is 4.06. The summed E-state index contributed by atoms with van der Waals surface area (Å²) >= 11 is 6.17. The summed E-state index contributed by atoms with van der Waals surface area (Å²) in [4.78, 5) is 30.1. The molecule has 0 saturated carbocycles. The van der Waals surface area contributed by atoms with E-state index in [1.165, 1.54) is 13.3 Å². The molecule has 9 nitrogen and oxygen atoms in total. The summed E-state index contributed by atoms with van der Waals surface area (Å²) in [6, 6.07) is 9.98. The maximum Gasteiger partial charge on any atom is 0.373 e. The van der Waals surface area contributed by atoms with Crippen molar-refractivity contribution in [3.05, 3.63) is 69.0 Å². The molecule has 0 aliphatic carbocycles. The monoisotopic (exact) mass is 427 g/mol. The lowest BCUT2D eigenvalue weighted by molar-refractivity contribution is -0.385. The Bertz CT molecular complexity index is 1100. The summed E-state index contributed by atoms with van der Waals surface area (Å²) in [5, 5.41) is 17.9. The zero-order valence-electron chi connectivity index (χ0n) is 16.4. The molecule has 3 rings (SSSR count). The number of amides is 1. The van der Waals surface area contributed by atoms with E-state index in [-0.39, 0.29) is 17.6 Å². The minimum atomic E-state index is -0.612. The molecular weight excluding hydrogens is 410 g/mol. The normalized spacial score (nSPS) is 10.4. The van der Waals surface area contributed by atoms with E-state index in [2.05, 4.69) is 20.6 Å². The van der Waals surface area contributed by atoms with Crippen LogP contribution in [0.2, 0.25) is 5.02 Å². The Morgan fingerprint density at radius 2 is 1.70 bits per heavy atom. The van der Waals surface area contributed by atoms with Crippen molar-refractivity contribution in [1.82, 2.24) is 9.97 Å². The number of nitrogens with one attached hydrogen (secondary N) is 2. The highest BCUT2D eigenvalue weighted by atomic mass is 35.5. The smallest absolute Gasteiger partial charge is 0.373 e. The van der Waals surface area contributed by atoms with Gasteiger partial charge in [0.25, 0.3) is 0 Å². The van der Waals surface area contributed by atoms with Crippen LogP contribution in [-0.4, -0.2) is 20.8 Å². The molecule has 30 heavy (non-hydrogen) atoms. The maximum atomic E-state index is 11.7.